The van der Waals surface area contributed by atoms with Crippen LogP contribution in [0.4, 0.5) is 0 Å². The third kappa shape index (κ3) is 13.8. The molecule has 10 aromatic rings. The Kier molecular flexibility index (Phi) is 20.7. The van der Waals surface area contributed by atoms with Gasteiger partial charge in [-0.2, -0.15) is 21.9 Å². The Balaban J connectivity index is 0.000000224. The average Bonchev–Trinajstić information content (AvgIpc) is 3.46. The molecule has 0 amide bonds. The van der Waals surface area contributed by atoms with Crippen molar-refractivity contribution >= 4 is 91.5 Å². The van der Waals surface area contributed by atoms with E-state index in [0.717, 1.165) is 0 Å². The summed E-state index contributed by atoms with van der Waals surface area (Å²) in [5.41, 5.74) is 5.36. The van der Waals surface area contributed by atoms with E-state index in [1.807, 2.05) is 0 Å². The molecule has 1 radical (unpaired) electrons. The van der Waals surface area contributed by atoms with Crippen molar-refractivity contribution in [3.8, 4) is 0 Å². The minimum absolute atomic E-state index is 0. The van der Waals surface area contributed by atoms with E-state index in [2.05, 4.69) is 303 Å². The molecule has 6 heteroatoms. The molecule has 0 saturated carbocycles. The predicted octanol–water partition coefficient (Wildman–Crippen LogP) is 11.9. The molecule has 72 heavy (non-hydrogen) atoms. The Morgan fingerprint density at radius 2 is 0.347 bits per heavy atom. The Morgan fingerprint density at radius 1 is 0.194 bits per heavy atom. The van der Waals surface area contributed by atoms with Crippen LogP contribution in [0.25, 0.3) is 0 Å². The van der Waals surface area contributed by atoms with Crippen LogP contribution in [0.5, 0.6) is 0 Å². The molecule has 0 fully saturated rings. The van der Waals surface area contributed by atoms with Crippen molar-refractivity contribution < 1.29 is 19.5 Å². The number of benzene rings is 10. The molecule has 10 aromatic carbocycles. The second-order valence-corrected chi connectivity index (χ2v) is 27.5. The Hall–Kier alpha value is -5.39. The molecule has 0 atom stereocenters. The molecule has 0 aromatic heterocycles. The van der Waals surface area contributed by atoms with Crippen LogP contribution in [-0.4, -0.2) is 43.1 Å². The van der Waals surface area contributed by atoms with Gasteiger partial charge in [-0.05, 0) is 92.6 Å². The quantitative estimate of drug-likeness (QED) is 0.0559. The summed E-state index contributed by atoms with van der Waals surface area (Å²) >= 11 is 0. The van der Waals surface area contributed by atoms with Gasteiger partial charge in [0.15, 0.2) is 0 Å². The maximum Gasteiger partial charge on any atom is 1.00 e. The van der Waals surface area contributed by atoms with Gasteiger partial charge in [-0.1, -0.05) is 303 Å². The monoisotopic (exact) mass is 1090 g/mol. The van der Waals surface area contributed by atoms with Crippen LogP contribution < -0.4 is 53.7 Å². The second kappa shape index (κ2) is 28.2. The Labute approximate surface area is 448 Å². The van der Waals surface area contributed by atoms with Crippen LogP contribution in [0, 0.1) is 0 Å². The van der Waals surface area contributed by atoms with Crippen LogP contribution in [0.15, 0.2) is 303 Å². The fraction of sp³-hybridized carbons (Fsp3) is 0.0909. The van der Waals surface area contributed by atoms with E-state index in [1.165, 1.54) is 90.6 Å². The minimum Gasteiger partial charge on any atom is -0.195 e. The van der Waals surface area contributed by atoms with Gasteiger partial charge in [0.25, 0.3) is 0 Å². The summed E-state index contributed by atoms with van der Waals surface area (Å²) in [6.07, 6.45) is 6.54. The molecule has 0 saturated heterocycles. The normalized spacial score (nSPS) is 11.2. The molecule has 0 N–H and O–H groups in total. The van der Waals surface area contributed by atoms with Gasteiger partial charge in [-0.25, -0.2) is 0 Å². The fourth-order valence-electron chi connectivity index (χ4n) is 10.1. The first-order valence-corrected chi connectivity index (χ1v) is 31.5. The molecular weight excluding hydrogens is 1030 g/mol. The molecule has 357 valence electrons. The van der Waals surface area contributed by atoms with E-state index in [1.54, 1.807) is 0 Å². The van der Waals surface area contributed by atoms with Crippen molar-refractivity contribution in [1.82, 2.24) is 0 Å². The molecule has 10 rings (SSSR count). The van der Waals surface area contributed by atoms with Crippen molar-refractivity contribution in [2.24, 2.45) is 0 Å². The summed E-state index contributed by atoms with van der Waals surface area (Å²) in [6, 6.07) is 111. The minimum atomic E-state index is -1.22. The summed E-state index contributed by atoms with van der Waals surface area (Å²) in [5, 5.41) is 9.03. The maximum absolute atomic E-state index is 2.36. The average molecular weight is 1090 g/mol. The number of hydrogen-bond donors (Lipinski definition) is 0. The van der Waals surface area contributed by atoms with Gasteiger partial charge in [0.1, 0.15) is 6.15 Å². The van der Waals surface area contributed by atoms with Crippen LogP contribution in [0.1, 0.15) is 0 Å². The maximum atomic E-state index is 2.36. The van der Waals surface area contributed by atoms with Crippen LogP contribution in [-0.2, 0) is 19.5 Å². The molecular formula is C66H62BP4Ru. The standard InChI is InChI=1S/C42H42P4.C24H20B.Ru/c1-7-19-37(20-8-1)44(38-21-9-2-10-22-38)34-31-43(32-35-45(39-23-11-3-12-24-39)40-25-13-4-14-26-40)33-36-46(41-27-15-5-16-28-41)42-29-17-6-18-30-42;1-5-13-21(14-6-1)25(22-15-7-2-8-16-22,23-17-9-3-10-18-23)24-19-11-4-12-20-24;/h1-30H,31-36H2;1-20H;/q;-1;+1. The summed E-state index contributed by atoms with van der Waals surface area (Å²) in [6.45, 7) is 0. The number of rotatable bonds is 19. The van der Waals surface area contributed by atoms with E-state index in [0.29, 0.717) is 0 Å². The molecule has 0 aliphatic rings. The molecule has 0 heterocycles. The van der Waals surface area contributed by atoms with Gasteiger partial charge in [0.05, 0.1) is 0 Å². The van der Waals surface area contributed by atoms with Crippen molar-refractivity contribution in [3.63, 3.8) is 0 Å². The van der Waals surface area contributed by atoms with Crippen molar-refractivity contribution in [2.75, 3.05) is 37.0 Å². The zero-order valence-corrected chi connectivity index (χ0v) is 46.1. The summed E-state index contributed by atoms with van der Waals surface area (Å²) in [4.78, 5) is 0. The van der Waals surface area contributed by atoms with E-state index in [4.69, 9.17) is 0 Å². The predicted molar refractivity (Wildman–Crippen MR) is 323 cm³/mol. The van der Waals surface area contributed by atoms with Crippen LogP contribution in [0.2, 0.25) is 0 Å². The van der Waals surface area contributed by atoms with Gasteiger partial charge in [0, 0.05) is 0 Å². The van der Waals surface area contributed by atoms with Crippen molar-refractivity contribution in [2.45, 2.75) is 0 Å². The Bertz CT molecular complexity index is 2530. The molecule has 0 aliphatic heterocycles. The topological polar surface area (TPSA) is 0 Å². The number of hydrogen-bond acceptors (Lipinski definition) is 0. The first-order chi connectivity index (χ1) is 35.3. The van der Waals surface area contributed by atoms with E-state index in [-0.39, 0.29) is 51.2 Å². The first-order valence-electron chi connectivity index (χ1n) is 25.0. The Morgan fingerprint density at radius 3 is 0.514 bits per heavy atom. The zero-order valence-electron chi connectivity index (χ0n) is 40.8. The third-order valence-corrected chi connectivity index (χ3v) is 24.7. The molecule has 0 aliphatic carbocycles. The smallest absolute Gasteiger partial charge is 0.195 e. The van der Waals surface area contributed by atoms with Crippen LogP contribution in [0.3, 0.4) is 0 Å². The zero-order chi connectivity index (χ0) is 48.2. The van der Waals surface area contributed by atoms with Crippen molar-refractivity contribution in [3.05, 3.63) is 303 Å². The van der Waals surface area contributed by atoms with Gasteiger partial charge < -0.3 is 0 Å². The fourth-order valence-corrected chi connectivity index (χ4v) is 22.2. The van der Waals surface area contributed by atoms with Crippen molar-refractivity contribution in [1.29, 1.82) is 0 Å². The largest absolute Gasteiger partial charge is 1.00 e. The van der Waals surface area contributed by atoms with Gasteiger partial charge in [-0.15, -0.1) is 7.92 Å². The van der Waals surface area contributed by atoms with E-state index in [9.17, 15) is 0 Å². The second-order valence-electron chi connectivity index (χ2n) is 17.8. The third-order valence-electron chi connectivity index (χ3n) is 13.5. The molecule has 0 bridgehead atoms. The summed E-state index contributed by atoms with van der Waals surface area (Å²) < 4.78 is 0. The molecule has 0 unspecified atom stereocenters. The molecule has 0 nitrogen and oxygen atoms in total. The van der Waals surface area contributed by atoms with E-state index >= 15 is 0 Å². The first kappa shape index (κ1) is 52.9. The van der Waals surface area contributed by atoms with Gasteiger partial charge >= 0.3 is 19.5 Å². The van der Waals surface area contributed by atoms with E-state index < -0.39 is 6.15 Å². The molecule has 0 spiro atoms. The van der Waals surface area contributed by atoms with Gasteiger partial charge in [0.2, 0.25) is 0 Å². The van der Waals surface area contributed by atoms with Crippen LogP contribution >= 0.6 is 31.7 Å². The SMILES string of the molecule is [Ru+].c1ccc(P(CCP(CCP(c2ccccc2)c2ccccc2)CCP(c2ccccc2)c2ccccc2)c2ccccc2)cc1.c1ccc([B-](c2ccccc2)(c2ccccc2)c2ccccc2)cc1. The summed E-state index contributed by atoms with van der Waals surface area (Å²) in [7, 11) is -1.30. The van der Waals surface area contributed by atoms with Gasteiger partial charge in [-0.3, -0.25) is 0 Å². The summed E-state index contributed by atoms with van der Waals surface area (Å²) in [5.74, 6) is 0.